The van der Waals surface area contributed by atoms with Crippen molar-refractivity contribution >= 4 is 5.97 Å². The van der Waals surface area contributed by atoms with E-state index in [4.69, 9.17) is 9.84 Å². The normalized spacial score (nSPS) is 28.2. The number of benzene rings is 1. The van der Waals surface area contributed by atoms with Gasteiger partial charge >= 0.3 is 5.97 Å². The second-order valence-electron chi connectivity index (χ2n) is 5.54. The Kier molecular flexibility index (Phi) is 3.29. The fourth-order valence-electron chi connectivity index (χ4n) is 2.88. The Morgan fingerprint density at radius 2 is 1.95 bits per heavy atom. The van der Waals surface area contributed by atoms with Gasteiger partial charge in [0.25, 0.3) is 0 Å². The number of epoxide rings is 1. The summed E-state index contributed by atoms with van der Waals surface area (Å²) in [4.78, 5) is 13.3. The molecule has 1 atom stereocenters. The highest BCUT2D eigenvalue weighted by Gasteiger charge is 2.47. The van der Waals surface area contributed by atoms with E-state index in [-0.39, 0.29) is 11.5 Å². The molecule has 0 spiro atoms. The molecule has 1 aromatic rings. The van der Waals surface area contributed by atoms with Gasteiger partial charge in [-0.2, -0.15) is 0 Å². The SMILES string of the molecule is O=C(O)C1CCN(CC2(c3ccccc3)CO2)CC1. The average molecular weight is 261 g/mol. The molecule has 1 N–H and O–H groups in total. The zero-order valence-corrected chi connectivity index (χ0v) is 10.9. The van der Waals surface area contributed by atoms with Crippen LogP contribution in [0.15, 0.2) is 30.3 Å². The third-order valence-electron chi connectivity index (χ3n) is 4.21. The molecular weight excluding hydrogens is 242 g/mol. The Bertz CT molecular complexity index is 448. The topological polar surface area (TPSA) is 53.1 Å². The fourth-order valence-corrected chi connectivity index (χ4v) is 2.88. The lowest BCUT2D eigenvalue weighted by atomic mass is 9.94. The van der Waals surface area contributed by atoms with Gasteiger partial charge in [0.15, 0.2) is 0 Å². The molecule has 2 aliphatic heterocycles. The molecule has 2 fully saturated rings. The van der Waals surface area contributed by atoms with Gasteiger partial charge in [-0.05, 0) is 31.5 Å². The van der Waals surface area contributed by atoms with Gasteiger partial charge < -0.3 is 9.84 Å². The molecule has 0 radical (unpaired) electrons. The summed E-state index contributed by atoms with van der Waals surface area (Å²) in [6.45, 7) is 3.36. The number of carboxylic acids is 1. The number of carbonyl (C=O) groups is 1. The van der Waals surface area contributed by atoms with Crippen molar-refractivity contribution in [1.82, 2.24) is 4.90 Å². The zero-order valence-electron chi connectivity index (χ0n) is 10.9. The van der Waals surface area contributed by atoms with Gasteiger partial charge in [0.2, 0.25) is 0 Å². The Hall–Kier alpha value is -1.39. The molecule has 2 saturated heterocycles. The predicted molar refractivity (Wildman–Crippen MR) is 70.9 cm³/mol. The standard InChI is InChI=1S/C15H19NO3/c17-14(18)12-6-8-16(9-7-12)10-15(11-19-15)13-4-2-1-3-5-13/h1-5,12H,6-11H2,(H,17,18). The first kappa shape index (κ1) is 12.6. The molecule has 0 aromatic heterocycles. The van der Waals surface area contributed by atoms with Crippen LogP contribution in [0.25, 0.3) is 0 Å². The molecule has 1 unspecified atom stereocenters. The van der Waals surface area contributed by atoms with Crippen molar-refractivity contribution < 1.29 is 14.6 Å². The first-order valence-electron chi connectivity index (χ1n) is 6.84. The third-order valence-corrected chi connectivity index (χ3v) is 4.21. The summed E-state index contributed by atoms with van der Waals surface area (Å²) in [7, 11) is 0. The van der Waals surface area contributed by atoms with E-state index in [0.717, 1.165) is 39.1 Å². The number of hydrogen-bond acceptors (Lipinski definition) is 3. The number of hydrogen-bond donors (Lipinski definition) is 1. The van der Waals surface area contributed by atoms with Crippen LogP contribution < -0.4 is 0 Å². The van der Waals surface area contributed by atoms with E-state index in [0.29, 0.717) is 0 Å². The molecule has 2 aliphatic rings. The first-order valence-corrected chi connectivity index (χ1v) is 6.84. The highest BCUT2D eigenvalue weighted by molar-refractivity contribution is 5.70. The van der Waals surface area contributed by atoms with Crippen LogP contribution in [0.4, 0.5) is 0 Å². The van der Waals surface area contributed by atoms with Gasteiger partial charge in [-0.15, -0.1) is 0 Å². The second-order valence-corrected chi connectivity index (χ2v) is 5.54. The van der Waals surface area contributed by atoms with Crippen molar-refractivity contribution in [2.45, 2.75) is 18.4 Å². The van der Waals surface area contributed by atoms with Crippen molar-refractivity contribution in [3.63, 3.8) is 0 Å². The molecular formula is C15H19NO3. The summed E-state index contributed by atoms with van der Waals surface area (Å²) in [5.74, 6) is -0.816. The van der Waals surface area contributed by atoms with E-state index in [2.05, 4.69) is 17.0 Å². The van der Waals surface area contributed by atoms with Crippen molar-refractivity contribution in [2.75, 3.05) is 26.2 Å². The monoisotopic (exact) mass is 261 g/mol. The molecule has 4 nitrogen and oxygen atoms in total. The smallest absolute Gasteiger partial charge is 0.306 e. The summed E-state index contributed by atoms with van der Waals surface area (Å²) in [5.41, 5.74) is 1.09. The van der Waals surface area contributed by atoms with Crippen LogP contribution >= 0.6 is 0 Å². The van der Waals surface area contributed by atoms with Crippen molar-refractivity contribution in [1.29, 1.82) is 0 Å². The van der Waals surface area contributed by atoms with Crippen LogP contribution in [0.2, 0.25) is 0 Å². The maximum Gasteiger partial charge on any atom is 0.306 e. The summed E-state index contributed by atoms with van der Waals surface area (Å²) in [6.07, 6.45) is 1.50. The Balaban J connectivity index is 1.60. The summed E-state index contributed by atoms with van der Waals surface area (Å²) in [5, 5.41) is 9.00. The van der Waals surface area contributed by atoms with E-state index in [1.54, 1.807) is 0 Å². The van der Waals surface area contributed by atoms with Crippen LogP contribution in [0.1, 0.15) is 18.4 Å². The molecule has 3 rings (SSSR count). The minimum absolute atomic E-state index is 0.142. The molecule has 102 valence electrons. The Labute approximate surface area is 113 Å². The van der Waals surface area contributed by atoms with E-state index in [1.807, 2.05) is 18.2 Å². The van der Waals surface area contributed by atoms with Crippen LogP contribution in [-0.4, -0.2) is 42.2 Å². The van der Waals surface area contributed by atoms with Gasteiger partial charge in [0.05, 0.1) is 12.5 Å². The quantitative estimate of drug-likeness (QED) is 0.838. The lowest BCUT2D eigenvalue weighted by Crippen LogP contribution is -2.41. The maximum atomic E-state index is 10.9. The maximum absolute atomic E-state index is 10.9. The number of ether oxygens (including phenoxy) is 1. The minimum Gasteiger partial charge on any atom is -0.481 e. The summed E-state index contributed by atoms with van der Waals surface area (Å²) < 4.78 is 5.70. The molecule has 19 heavy (non-hydrogen) atoms. The predicted octanol–water partition coefficient (Wildman–Crippen LogP) is 1.71. The van der Waals surface area contributed by atoms with E-state index in [9.17, 15) is 4.79 Å². The number of piperidine rings is 1. The van der Waals surface area contributed by atoms with E-state index < -0.39 is 5.97 Å². The van der Waals surface area contributed by atoms with Crippen molar-refractivity contribution in [2.24, 2.45) is 5.92 Å². The van der Waals surface area contributed by atoms with E-state index in [1.165, 1.54) is 5.56 Å². The molecule has 0 amide bonds. The lowest BCUT2D eigenvalue weighted by Gasteiger charge is -2.32. The zero-order chi connectivity index (χ0) is 13.3. The summed E-state index contributed by atoms with van der Waals surface area (Å²) in [6, 6.07) is 10.3. The number of likely N-dealkylation sites (tertiary alicyclic amines) is 1. The average Bonchev–Trinajstić information content (AvgIpc) is 3.21. The Morgan fingerprint density at radius 3 is 2.47 bits per heavy atom. The molecule has 0 bridgehead atoms. The van der Waals surface area contributed by atoms with Gasteiger partial charge in [0.1, 0.15) is 5.60 Å². The van der Waals surface area contributed by atoms with Crippen LogP contribution in [0, 0.1) is 5.92 Å². The number of aliphatic carboxylic acids is 1. The van der Waals surface area contributed by atoms with Crippen LogP contribution in [0.5, 0.6) is 0 Å². The number of carboxylic acid groups (broad SMARTS) is 1. The van der Waals surface area contributed by atoms with Crippen molar-refractivity contribution in [3.05, 3.63) is 35.9 Å². The lowest BCUT2D eigenvalue weighted by molar-refractivity contribution is -0.143. The van der Waals surface area contributed by atoms with Crippen LogP contribution in [0.3, 0.4) is 0 Å². The first-order chi connectivity index (χ1) is 9.20. The highest BCUT2D eigenvalue weighted by Crippen LogP contribution is 2.40. The largest absolute Gasteiger partial charge is 0.481 e. The Morgan fingerprint density at radius 1 is 1.32 bits per heavy atom. The number of rotatable bonds is 4. The molecule has 0 saturated carbocycles. The van der Waals surface area contributed by atoms with Crippen LogP contribution in [-0.2, 0) is 15.1 Å². The van der Waals surface area contributed by atoms with Crippen molar-refractivity contribution in [3.8, 4) is 0 Å². The fraction of sp³-hybridized carbons (Fsp3) is 0.533. The molecule has 0 aliphatic carbocycles. The molecule has 2 heterocycles. The van der Waals surface area contributed by atoms with E-state index >= 15 is 0 Å². The van der Waals surface area contributed by atoms with Gasteiger partial charge in [-0.1, -0.05) is 30.3 Å². The highest BCUT2D eigenvalue weighted by atomic mass is 16.6. The van der Waals surface area contributed by atoms with Gasteiger partial charge in [-0.3, -0.25) is 9.69 Å². The third kappa shape index (κ3) is 2.65. The summed E-state index contributed by atoms with van der Waals surface area (Å²) >= 11 is 0. The molecule has 1 aromatic carbocycles. The van der Waals surface area contributed by atoms with Gasteiger partial charge in [-0.25, -0.2) is 0 Å². The molecule has 4 heteroatoms. The minimum atomic E-state index is -0.653. The second kappa shape index (κ2) is 4.94. The number of nitrogens with zero attached hydrogens (tertiary/aromatic N) is 1. The van der Waals surface area contributed by atoms with Gasteiger partial charge in [0, 0.05) is 6.54 Å².